The lowest BCUT2D eigenvalue weighted by Gasteiger charge is -2.32. The van der Waals surface area contributed by atoms with Crippen molar-refractivity contribution in [3.63, 3.8) is 0 Å². The summed E-state index contributed by atoms with van der Waals surface area (Å²) in [6, 6.07) is 7.46. The molecule has 6 nitrogen and oxygen atoms in total. The van der Waals surface area contributed by atoms with Crippen LogP contribution in [0.3, 0.4) is 0 Å². The van der Waals surface area contributed by atoms with E-state index in [9.17, 15) is 8.42 Å². The van der Waals surface area contributed by atoms with E-state index in [4.69, 9.17) is 0 Å². The highest BCUT2D eigenvalue weighted by molar-refractivity contribution is 7.89. The van der Waals surface area contributed by atoms with Crippen LogP contribution in [0.4, 0.5) is 5.82 Å². The normalized spacial score (nSPS) is 16.8. The number of aryl methyl sites for hydroxylation is 3. The third-order valence-electron chi connectivity index (χ3n) is 4.73. The summed E-state index contributed by atoms with van der Waals surface area (Å²) in [4.78, 5) is 8.68. The Morgan fingerprint density at radius 1 is 1.04 bits per heavy atom. The van der Waals surface area contributed by atoms with Crippen LogP contribution in [-0.2, 0) is 10.0 Å². The largest absolute Gasteiger partial charge is 0.367 e. The average Bonchev–Trinajstić information content (AvgIpc) is 2.58. The van der Waals surface area contributed by atoms with Crippen LogP contribution in [0.1, 0.15) is 29.7 Å². The predicted octanol–water partition coefficient (Wildman–Crippen LogP) is 2.67. The van der Waals surface area contributed by atoms with E-state index < -0.39 is 10.0 Å². The van der Waals surface area contributed by atoms with Gasteiger partial charge in [0.15, 0.2) is 0 Å². The first-order valence-electron chi connectivity index (χ1n) is 8.49. The number of benzene rings is 1. The molecule has 134 valence electrons. The highest BCUT2D eigenvalue weighted by Crippen LogP contribution is 2.23. The SMILES string of the molecule is Cc1cc(NC2CCN(S(=O)(=O)c3ccc(C)c(C)c3)CC2)ncn1. The van der Waals surface area contributed by atoms with Crippen LogP contribution >= 0.6 is 0 Å². The molecule has 2 heterocycles. The Kier molecular flexibility index (Phi) is 5.06. The Hall–Kier alpha value is -1.99. The molecule has 0 amide bonds. The van der Waals surface area contributed by atoms with Gasteiger partial charge in [0.05, 0.1) is 4.90 Å². The van der Waals surface area contributed by atoms with Crippen molar-refractivity contribution in [3.8, 4) is 0 Å². The van der Waals surface area contributed by atoms with Gasteiger partial charge in [0.1, 0.15) is 12.1 Å². The number of nitrogens with one attached hydrogen (secondary N) is 1. The van der Waals surface area contributed by atoms with Crippen LogP contribution in [0.5, 0.6) is 0 Å². The van der Waals surface area contributed by atoms with Crippen molar-refractivity contribution in [2.24, 2.45) is 0 Å². The molecule has 0 atom stereocenters. The minimum Gasteiger partial charge on any atom is -0.367 e. The summed E-state index contributed by atoms with van der Waals surface area (Å²) < 4.78 is 27.3. The van der Waals surface area contributed by atoms with Gasteiger partial charge < -0.3 is 5.32 Å². The van der Waals surface area contributed by atoms with Crippen molar-refractivity contribution in [1.82, 2.24) is 14.3 Å². The number of nitrogens with zero attached hydrogens (tertiary/aromatic N) is 3. The molecule has 1 aromatic heterocycles. The lowest BCUT2D eigenvalue weighted by Crippen LogP contribution is -2.42. The fourth-order valence-corrected chi connectivity index (χ4v) is 4.56. The van der Waals surface area contributed by atoms with Gasteiger partial charge in [-0.2, -0.15) is 4.31 Å². The van der Waals surface area contributed by atoms with E-state index in [0.717, 1.165) is 35.5 Å². The van der Waals surface area contributed by atoms with Crippen LogP contribution in [0.15, 0.2) is 35.5 Å². The van der Waals surface area contributed by atoms with Crippen molar-refractivity contribution in [2.45, 2.75) is 44.6 Å². The first kappa shape index (κ1) is 17.8. The monoisotopic (exact) mass is 360 g/mol. The quantitative estimate of drug-likeness (QED) is 0.907. The molecule has 25 heavy (non-hydrogen) atoms. The summed E-state index contributed by atoms with van der Waals surface area (Å²) in [5.41, 5.74) is 3.01. The molecule has 1 N–H and O–H groups in total. The maximum absolute atomic E-state index is 12.8. The third-order valence-corrected chi connectivity index (χ3v) is 6.62. The predicted molar refractivity (Wildman–Crippen MR) is 98.1 cm³/mol. The van der Waals surface area contributed by atoms with Crippen LogP contribution in [0.2, 0.25) is 0 Å². The molecule has 1 fully saturated rings. The molecular formula is C18H24N4O2S. The maximum atomic E-state index is 12.8. The zero-order chi connectivity index (χ0) is 18.0. The molecule has 0 aliphatic carbocycles. The topological polar surface area (TPSA) is 75.2 Å². The molecule has 7 heteroatoms. The maximum Gasteiger partial charge on any atom is 0.243 e. The van der Waals surface area contributed by atoms with Crippen molar-refractivity contribution in [2.75, 3.05) is 18.4 Å². The minimum absolute atomic E-state index is 0.223. The van der Waals surface area contributed by atoms with Gasteiger partial charge in [0.25, 0.3) is 0 Å². The van der Waals surface area contributed by atoms with Crippen molar-refractivity contribution < 1.29 is 8.42 Å². The molecule has 0 radical (unpaired) electrons. The highest BCUT2D eigenvalue weighted by Gasteiger charge is 2.29. The van der Waals surface area contributed by atoms with Gasteiger partial charge >= 0.3 is 0 Å². The number of rotatable bonds is 4. The molecular weight excluding hydrogens is 336 g/mol. The summed E-state index contributed by atoms with van der Waals surface area (Å²) in [6.07, 6.45) is 3.05. The Labute approximate surface area is 149 Å². The fraction of sp³-hybridized carbons (Fsp3) is 0.444. The smallest absolute Gasteiger partial charge is 0.243 e. The molecule has 0 saturated carbocycles. The molecule has 2 aromatic rings. The molecule has 3 rings (SSSR count). The number of hydrogen-bond donors (Lipinski definition) is 1. The van der Waals surface area contributed by atoms with E-state index in [0.29, 0.717) is 18.0 Å². The first-order chi connectivity index (χ1) is 11.9. The molecule has 1 saturated heterocycles. The van der Waals surface area contributed by atoms with Crippen molar-refractivity contribution in [3.05, 3.63) is 47.4 Å². The van der Waals surface area contributed by atoms with Crippen LogP contribution in [0, 0.1) is 20.8 Å². The second-order valence-corrected chi connectivity index (χ2v) is 8.55. The Bertz CT molecular complexity index is 859. The van der Waals surface area contributed by atoms with Crippen molar-refractivity contribution >= 4 is 15.8 Å². The van der Waals surface area contributed by atoms with Crippen LogP contribution < -0.4 is 5.32 Å². The Morgan fingerprint density at radius 3 is 2.40 bits per heavy atom. The number of aromatic nitrogens is 2. The van der Waals surface area contributed by atoms with E-state index >= 15 is 0 Å². The van der Waals surface area contributed by atoms with E-state index in [1.165, 1.54) is 6.33 Å². The van der Waals surface area contributed by atoms with E-state index in [1.54, 1.807) is 16.4 Å². The van der Waals surface area contributed by atoms with Gasteiger partial charge in [0, 0.05) is 30.9 Å². The second-order valence-electron chi connectivity index (χ2n) is 6.61. The van der Waals surface area contributed by atoms with E-state index in [1.807, 2.05) is 32.9 Å². The molecule has 1 aliphatic heterocycles. The molecule has 0 spiro atoms. The molecule has 1 aromatic carbocycles. The van der Waals surface area contributed by atoms with Crippen LogP contribution in [0.25, 0.3) is 0 Å². The minimum atomic E-state index is -3.42. The zero-order valence-electron chi connectivity index (χ0n) is 14.9. The first-order valence-corrected chi connectivity index (χ1v) is 9.93. The molecule has 1 aliphatic rings. The zero-order valence-corrected chi connectivity index (χ0v) is 15.7. The average molecular weight is 360 g/mol. The van der Waals surface area contributed by atoms with E-state index in [2.05, 4.69) is 15.3 Å². The van der Waals surface area contributed by atoms with Gasteiger partial charge in [-0.1, -0.05) is 6.07 Å². The molecule has 0 unspecified atom stereocenters. The van der Waals surface area contributed by atoms with Gasteiger partial charge in [-0.15, -0.1) is 0 Å². The highest BCUT2D eigenvalue weighted by atomic mass is 32.2. The van der Waals surface area contributed by atoms with Gasteiger partial charge in [-0.05, 0) is 56.9 Å². The summed E-state index contributed by atoms with van der Waals surface area (Å²) in [6.45, 7) is 6.87. The van der Waals surface area contributed by atoms with Gasteiger partial charge in [-0.25, -0.2) is 18.4 Å². The van der Waals surface area contributed by atoms with E-state index in [-0.39, 0.29) is 6.04 Å². The van der Waals surface area contributed by atoms with Crippen LogP contribution in [-0.4, -0.2) is 41.8 Å². The summed E-state index contributed by atoms with van der Waals surface area (Å²) in [5.74, 6) is 0.794. The number of sulfonamides is 1. The summed E-state index contributed by atoms with van der Waals surface area (Å²) in [7, 11) is -3.42. The number of anilines is 1. The van der Waals surface area contributed by atoms with Gasteiger partial charge in [0.2, 0.25) is 10.0 Å². The third kappa shape index (κ3) is 3.99. The summed E-state index contributed by atoms with van der Waals surface area (Å²) >= 11 is 0. The number of piperidine rings is 1. The lowest BCUT2D eigenvalue weighted by atomic mass is 10.1. The molecule has 0 bridgehead atoms. The van der Waals surface area contributed by atoms with Gasteiger partial charge in [-0.3, -0.25) is 0 Å². The lowest BCUT2D eigenvalue weighted by molar-refractivity contribution is 0.329. The fourth-order valence-electron chi connectivity index (χ4n) is 3.01. The number of hydrogen-bond acceptors (Lipinski definition) is 5. The standard InChI is InChI=1S/C18H24N4O2S/c1-13-4-5-17(10-14(13)2)25(23,24)22-8-6-16(7-9-22)21-18-11-15(3)19-12-20-18/h4-5,10-12,16H,6-9H2,1-3H3,(H,19,20,21). The second kappa shape index (κ2) is 7.09. The Morgan fingerprint density at radius 2 is 1.76 bits per heavy atom. The van der Waals surface area contributed by atoms with Crippen molar-refractivity contribution in [1.29, 1.82) is 0 Å². The Balaban J connectivity index is 1.66. The summed E-state index contributed by atoms with van der Waals surface area (Å²) in [5, 5.41) is 3.38.